The summed E-state index contributed by atoms with van der Waals surface area (Å²) < 4.78 is 5.32. The maximum absolute atomic E-state index is 10.8. The van der Waals surface area contributed by atoms with E-state index in [4.69, 9.17) is 16.2 Å². The van der Waals surface area contributed by atoms with E-state index in [1.54, 1.807) is 0 Å². The molecule has 1 fully saturated rings. The van der Waals surface area contributed by atoms with E-state index in [1.807, 2.05) is 12.2 Å². The molecule has 2 heterocycles. The molecule has 11 heavy (non-hydrogen) atoms. The Balaban J connectivity index is 2.25. The number of carbonyl (C=O) groups is 1. The summed E-state index contributed by atoms with van der Waals surface area (Å²) in [6.07, 6.45) is 3.46. The van der Waals surface area contributed by atoms with Gasteiger partial charge in [0, 0.05) is 6.04 Å². The zero-order chi connectivity index (χ0) is 8.01. The molecule has 1 amide bonds. The van der Waals surface area contributed by atoms with Crippen molar-refractivity contribution in [1.29, 1.82) is 0 Å². The maximum atomic E-state index is 10.8. The highest BCUT2D eigenvalue weighted by molar-refractivity contribution is 5.79. The van der Waals surface area contributed by atoms with Crippen molar-refractivity contribution in [3.05, 3.63) is 12.2 Å². The number of ether oxygens (including phenoxy) is 1. The summed E-state index contributed by atoms with van der Waals surface area (Å²) in [5.41, 5.74) is 10.8. The molecule has 0 aromatic rings. The van der Waals surface area contributed by atoms with Crippen molar-refractivity contribution in [2.75, 3.05) is 0 Å². The lowest BCUT2D eigenvalue weighted by Crippen LogP contribution is -2.44. The molecule has 4 atom stereocenters. The van der Waals surface area contributed by atoms with Gasteiger partial charge in [0.15, 0.2) is 0 Å². The summed E-state index contributed by atoms with van der Waals surface area (Å²) in [5.74, 6) is -0.695. The molecule has 4 nitrogen and oxygen atoms in total. The Morgan fingerprint density at radius 1 is 1.36 bits per heavy atom. The second-order valence-electron chi connectivity index (χ2n) is 2.96. The molecule has 0 aromatic heterocycles. The van der Waals surface area contributed by atoms with Crippen LogP contribution in [0, 0.1) is 5.92 Å². The molecule has 0 unspecified atom stereocenters. The SMILES string of the molecule is NC(=O)[C@@H]1[C@H](N)[C@@H]2C=C[C@@H]1O2. The Morgan fingerprint density at radius 2 is 2.00 bits per heavy atom. The van der Waals surface area contributed by atoms with Crippen LogP contribution in [-0.2, 0) is 9.53 Å². The predicted molar refractivity (Wildman–Crippen MR) is 38.5 cm³/mol. The van der Waals surface area contributed by atoms with E-state index >= 15 is 0 Å². The normalized spacial score (nSPS) is 46.6. The van der Waals surface area contributed by atoms with Crippen LogP contribution in [0.2, 0.25) is 0 Å². The molecule has 2 bridgehead atoms. The van der Waals surface area contributed by atoms with Gasteiger partial charge in [0.25, 0.3) is 0 Å². The van der Waals surface area contributed by atoms with Gasteiger partial charge in [0.2, 0.25) is 5.91 Å². The first-order valence-electron chi connectivity index (χ1n) is 3.59. The van der Waals surface area contributed by atoms with Gasteiger partial charge in [-0.25, -0.2) is 0 Å². The van der Waals surface area contributed by atoms with Crippen molar-refractivity contribution in [1.82, 2.24) is 0 Å². The summed E-state index contributed by atoms with van der Waals surface area (Å²) in [6, 6.07) is -0.248. The zero-order valence-electron chi connectivity index (χ0n) is 5.94. The number of hydrogen-bond donors (Lipinski definition) is 2. The van der Waals surface area contributed by atoms with Gasteiger partial charge in [-0.15, -0.1) is 0 Å². The third-order valence-corrected chi connectivity index (χ3v) is 2.28. The van der Waals surface area contributed by atoms with Gasteiger partial charge in [0.1, 0.15) is 0 Å². The minimum absolute atomic E-state index is 0.0995. The van der Waals surface area contributed by atoms with Gasteiger partial charge in [-0.05, 0) is 0 Å². The van der Waals surface area contributed by atoms with Gasteiger partial charge in [-0.3, -0.25) is 4.79 Å². The third kappa shape index (κ3) is 0.797. The van der Waals surface area contributed by atoms with E-state index in [2.05, 4.69) is 0 Å². The Bertz CT molecular complexity index is 226. The molecule has 4 N–H and O–H groups in total. The smallest absolute Gasteiger partial charge is 0.225 e. The van der Waals surface area contributed by atoms with Crippen molar-refractivity contribution < 1.29 is 9.53 Å². The van der Waals surface area contributed by atoms with Gasteiger partial charge < -0.3 is 16.2 Å². The minimum Gasteiger partial charge on any atom is -0.369 e. The lowest BCUT2D eigenvalue weighted by molar-refractivity contribution is -0.122. The van der Waals surface area contributed by atoms with Crippen LogP contribution in [0.25, 0.3) is 0 Å². The highest BCUT2D eigenvalue weighted by Crippen LogP contribution is 2.32. The zero-order valence-corrected chi connectivity index (χ0v) is 5.94. The van der Waals surface area contributed by atoms with E-state index in [-0.39, 0.29) is 30.1 Å². The van der Waals surface area contributed by atoms with Crippen LogP contribution in [-0.4, -0.2) is 24.2 Å². The Labute approximate surface area is 64.2 Å². The predicted octanol–water partition coefficient (Wildman–Crippen LogP) is -1.25. The first-order chi connectivity index (χ1) is 5.20. The van der Waals surface area contributed by atoms with Crippen molar-refractivity contribution in [3.63, 3.8) is 0 Å². The molecule has 0 radical (unpaired) electrons. The molecule has 2 aliphatic heterocycles. The van der Waals surface area contributed by atoms with E-state index in [0.29, 0.717) is 0 Å². The quantitative estimate of drug-likeness (QED) is 0.463. The molecule has 2 rings (SSSR count). The van der Waals surface area contributed by atoms with Gasteiger partial charge in [-0.2, -0.15) is 0 Å². The second kappa shape index (κ2) is 2.06. The molecule has 2 aliphatic rings. The van der Waals surface area contributed by atoms with Gasteiger partial charge in [-0.1, -0.05) is 12.2 Å². The summed E-state index contributed by atoms with van der Waals surface area (Å²) in [7, 11) is 0. The van der Waals surface area contributed by atoms with Crippen LogP contribution in [0.3, 0.4) is 0 Å². The standard InChI is InChI=1S/C7H10N2O2/c8-6-4-2-1-3(11-4)5(6)7(9)10/h1-6H,8H2,(H2,9,10)/t3-,4-,5-,6+/m0/s1. The monoisotopic (exact) mass is 154 g/mol. The number of nitrogens with two attached hydrogens (primary N) is 2. The first kappa shape index (κ1) is 6.82. The molecular weight excluding hydrogens is 144 g/mol. The largest absolute Gasteiger partial charge is 0.369 e. The average Bonchev–Trinajstić information content (AvgIpc) is 2.44. The van der Waals surface area contributed by atoms with E-state index in [0.717, 1.165) is 0 Å². The number of fused-ring (bicyclic) bond motifs is 2. The van der Waals surface area contributed by atoms with Crippen LogP contribution in [0.1, 0.15) is 0 Å². The van der Waals surface area contributed by atoms with Crippen molar-refractivity contribution in [2.24, 2.45) is 17.4 Å². The summed E-state index contributed by atoms with van der Waals surface area (Å²) >= 11 is 0. The van der Waals surface area contributed by atoms with Crippen molar-refractivity contribution in [3.8, 4) is 0 Å². The topological polar surface area (TPSA) is 78.3 Å². The van der Waals surface area contributed by atoms with Crippen LogP contribution in [0.4, 0.5) is 0 Å². The summed E-state index contributed by atoms with van der Waals surface area (Å²) in [4.78, 5) is 10.8. The molecule has 0 aromatic carbocycles. The lowest BCUT2D eigenvalue weighted by atomic mass is 9.89. The Hall–Kier alpha value is -0.870. The van der Waals surface area contributed by atoms with E-state index in [9.17, 15) is 4.79 Å². The summed E-state index contributed by atoms with van der Waals surface area (Å²) in [6.45, 7) is 0. The molecule has 60 valence electrons. The summed E-state index contributed by atoms with van der Waals surface area (Å²) in [5, 5.41) is 0. The average molecular weight is 154 g/mol. The fourth-order valence-electron chi connectivity index (χ4n) is 1.69. The number of carbonyl (C=O) groups excluding carboxylic acids is 1. The van der Waals surface area contributed by atoms with Crippen LogP contribution in [0.15, 0.2) is 12.2 Å². The molecular formula is C7H10N2O2. The van der Waals surface area contributed by atoms with Gasteiger partial charge >= 0.3 is 0 Å². The highest BCUT2D eigenvalue weighted by Gasteiger charge is 2.46. The highest BCUT2D eigenvalue weighted by atomic mass is 16.5. The minimum atomic E-state index is -0.366. The molecule has 1 saturated heterocycles. The van der Waals surface area contributed by atoms with Crippen molar-refractivity contribution >= 4 is 5.91 Å². The second-order valence-corrected chi connectivity index (χ2v) is 2.96. The number of primary amides is 1. The molecule has 0 spiro atoms. The fraction of sp³-hybridized carbons (Fsp3) is 0.571. The fourth-order valence-corrected chi connectivity index (χ4v) is 1.69. The Morgan fingerprint density at radius 3 is 2.36 bits per heavy atom. The van der Waals surface area contributed by atoms with Crippen LogP contribution < -0.4 is 11.5 Å². The maximum Gasteiger partial charge on any atom is 0.225 e. The number of amides is 1. The van der Waals surface area contributed by atoms with Crippen LogP contribution in [0.5, 0.6) is 0 Å². The third-order valence-electron chi connectivity index (χ3n) is 2.28. The van der Waals surface area contributed by atoms with Gasteiger partial charge in [0.05, 0.1) is 18.1 Å². The number of hydrogen-bond acceptors (Lipinski definition) is 3. The molecule has 0 aliphatic carbocycles. The lowest BCUT2D eigenvalue weighted by Gasteiger charge is -2.17. The van der Waals surface area contributed by atoms with E-state index in [1.165, 1.54) is 0 Å². The van der Waals surface area contributed by atoms with Crippen LogP contribution >= 0.6 is 0 Å². The molecule has 0 saturated carbocycles. The first-order valence-corrected chi connectivity index (χ1v) is 3.59. The van der Waals surface area contributed by atoms with E-state index < -0.39 is 0 Å². The van der Waals surface area contributed by atoms with Crippen molar-refractivity contribution in [2.45, 2.75) is 18.2 Å². The number of rotatable bonds is 1. The molecule has 4 heteroatoms. The Kier molecular flexibility index (Phi) is 1.27.